The smallest absolute Gasteiger partial charge is 0.342 e. The molecule has 0 N–H and O–H groups in total. The first-order chi connectivity index (χ1) is 18.2. The van der Waals surface area contributed by atoms with Gasteiger partial charge in [-0.3, -0.25) is 0 Å². The van der Waals surface area contributed by atoms with Crippen molar-refractivity contribution in [3.63, 3.8) is 0 Å². The average Bonchev–Trinajstić information content (AvgIpc) is 3.33. The fraction of sp³-hybridized carbons (Fsp3) is 0.182. The lowest BCUT2D eigenvalue weighted by atomic mass is 9.84. The molecule has 1 fully saturated rings. The molecule has 37 heavy (non-hydrogen) atoms. The lowest BCUT2D eigenvalue weighted by molar-refractivity contribution is -0.173. The van der Waals surface area contributed by atoms with Gasteiger partial charge < -0.3 is 14.2 Å². The van der Waals surface area contributed by atoms with Crippen LogP contribution >= 0.6 is 0 Å². The number of benzene rings is 5. The predicted octanol–water partition coefficient (Wildman–Crippen LogP) is 7.32. The van der Waals surface area contributed by atoms with Crippen LogP contribution in [0.5, 0.6) is 0 Å². The summed E-state index contributed by atoms with van der Waals surface area (Å²) >= 11 is 0. The minimum Gasteiger partial charge on any atom is -0.464 e. The number of carbonyl (C=O) groups is 1. The number of hydrogen-bond acceptors (Lipinski definition) is 4. The van der Waals surface area contributed by atoms with Crippen molar-refractivity contribution in [3.8, 4) is 0 Å². The first kappa shape index (κ1) is 23.4. The molecule has 1 aliphatic rings. The Morgan fingerprint density at radius 1 is 0.730 bits per heavy atom. The zero-order valence-corrected chi connectivity index (χ0v) is 20.7. The second kappa shape index (κ2) is 9.81. The van der Waals surface area contributed by atoms with E-state index in [2.05, 4.69) is 48.5 Å². The van der Waals surface area contributed by atoms with Crippen molar-refractivity contribution in [1.82, 2.24) is 0 Å². The molecule has 0 amide bonds. The van der Waals surface area contributed by atoms with E-state index in [1.54, 1.807) is 0 Å². The van der Waals surface area contributed by atoms with Crippen molar-refractivity contribution in [2.45, 2.75) is 31.3 Å². The van der Waals surface area contributed by atoms with E-state index < -0.39 is 24.0 Å². The molecule has 4 nitrogen and oxygen atoms in total. The molecule has 0 radical (unpaired) electrons. The van der Waals surface area contributed by atoms with Crippen LogP contribution in [0.4, 0.5) is 0 Å². The molecular weight excluding hydrogens is 460 g/mol. The molecule has 0 bridgehead atoms. The van der Waals surface area contributed by atoms with Gasteiger partial charge in [0.25, 0.3) is 0 Å². The van der Waals surface area contributed by atoms with Gasteiger partial charge in [0.15, 0.2) is 6.29 Å². The van der Waals surface area contributed by atoms with E-state index in [9.17, 15) is 4.79 Å². The van der Waals surface area contributed by atoms with Gasteiger partial charge in [-0.25, -0.2) is 4.79 Å². The van der Waals surface area contributed by atoms with Gasteiger partial charge in [0.1, 0.15) is 6.10 Å². The average molecular weight is 489 g/mol. The van der Waals surface area contributed by atoms with Gasteiger partial charge in [0, 0.05) is 12.0 Å². The minimum absolute atomic E-state index is 0.254. The van der Waals surface area contributed by atoms with E-state index >= 15 is 0 Å². The van der Waals surface area contributed by atoms with Crippen LogP contribution in [-0.2, 0) is 25.4 Å². The second-order valence-electron chi connectivity index (χ2n) is 9.45. The van der Waals surface area contributed by atoms with Crippen LogP contribution in [0.25, 0.3) is 21.5 Å². The molecule has 0 aromatic heterocycles. The summed E-state index contributed by atoms with van der Waals surface area (Å²) < 4.78 is 19.0. The highest BCUT2D eigenvalue weighted by molar-refractivity contribution is 5.86. The molecule has 1 aliphatic heterocycles. The molecular formula is C33H28O4. The van der Waals surface area contributed by atoms with E-state index in [-0.39, 0.29) is 6.61 Å². The molecule has 4 heteroatoms. The van der Waals surface area contributed by atoms with E-state index in [0.29, 0.717) is 6.42 Å². The normalized spacial score (nSPS) is 21.3. The van der Waals surface area contributed by atoms with Crippen LogP contribution in [0.3, 0.4) is 0 Å². The Morgan fingerprint density at radius 3 is 1.95 bits per heavy atom. The summed E-state index contributed by atoms with van der Waals surface area (Å²) in [5.41, 5.74) is 1.37. The molecule has 3 atom stereocenters. The highest BCUT2D eigenvalue weighted by Gasteiger charge is 2.57. The molecule has 6 rings (SSSR count). The van der Waals surface area contributed by atoms with Crippen molar-refractivity contribution in [2.24, 2.45) is 0 Å². The maximum Gasteiger partial charge on any atom is 0.342 e. The molecule has 1 heterocycles. The third kappa shape index (κ3) is 4.39. The summed E-state index contributed by atoms with van der Waals surface area (Å²) in [7, 11) is 0. The third-order valence-electron chi connectivity index (χ3n) is 7.05. The highest BCUT2D eigenvalue weighted by Crippen LogP contribution is 2.50. The van der Waals surface area contributed by atoms with Gasteiger partial charge in [0.2, 0.25) is 5.60 Å². The van der Waals surface area contributed by atoms with Gasteiger partial charge in [-0.05, 0) is 51.7 Å². The van der Waals surface area contributed by atoms with E-state index in [1.807, 2.05) is 73.7 Å². The maximum atomic E-state index is 13.8. The van der Waals surface area contributed by atoms with Crippen LogP contribution in [0, 0.1) is 0 Å². The van der Waals surface area contributed by atoms with E-state index in [1.165, 1.54) is 0 Å². The first-order valence-corrected chi connectivity index (χ1v) is 12.7. The Labute approximate surface area is 216 Å². The fourth-order valence-corrected chi connectivity index (χ4v) is 5.25. The number of fused-ring (bicyclic) bond motifs is 2. The largest absolute Gasteiger partial charge is 0.464 e. The molecule has 5 aromatic carbocycles. The molecule has 1 saturated heterocycles. The molecule has 0 saturated carbocycles. The number of esters is 1. The highest BCUT2D eigenvalue weighted by atomic mass is 16.8. The summed E-state index contributed by atoms with van der Waals surface area (Å²) in [4.78, 5) is 13.8. The fourth-order valence-electron chi connectivity index (χ4n) is 5.25. The van der Waals surface area contributed by atoms with Crippen molar-refractivity contribution < 1.29 is 19.0 Å². The van der Waals surface area contributed by atoms with E-state index in [0.717, 1.165) is 38.2 Å². The summed E-state index contributed by atoms with van der Waals surface area (Å²) in [6, 6.07) is 38.6. The van der Waals surface area contributed by atoms with Crippen LogP contribution in [0.15, 0.2) is 115 Å². The molecule has 0 spiro atoms. The molecule has 0 unspecified atom stereocenters. The predicted molar refractivity (Wildman–Crippen MR) is 145 cm³/mol. The summed E-state index contributed by atoms with van der Waals surface area (Å²) in [6.07, 6.45) is -1.06. The van der Waals surface area contributed by atoms with E-state index in [4.69, 9.17) is 14.2 Å². The number of rotatable bonds is 6. The van der Waals surface area contributed by atoms with Crippen LogP contribution in [-0.4, -0.2) is 18.2 Å². The van der Waals surface area contributed by atoms with Gasteiger partial charge in [-0.1, -0.05) is 103 Å². The Kier molecular flexibility index (Phi) is 6.21. The Morgan fingerprint density at radius 2 is 1.30 bits per heavy atom. The van der Waals surface area contributed by atoms with Crippen LogP contribution < -0.4 is 0 Å². The summed E-state index contributed by atoms with van der Waals surface area (Å²) in [6.45, 7) is 2.07. The monoisotopic (exact) mass is 488 g/mol. The zero-order valence-electron chi connectivity index (χ0n) is 20.7. The minimum atomic E-state index is -1.35. The van der Waals surface area contributed by atoms with Gasteiger partial charge >= 0.3 is 5.97 Å². The Hall–Kier alpha value is -3.99. The lowest BCUT2D eigenvalue weighted by Crippen LogP contribution is -2.46. The SMILES string of the molecule is CCOC(=O)[C@]1(Cc2ccccc2)O[C@H](c2ccc3ccccc3c2)O[C@@H]1c1ccc2ccccc2c1. The van der Waals surface area contributed by atoms with Crippen LogP contribution in [0.2, 0.25) is 0 Å². The lowest BCUT2D eigenvalue weighted by Gasteiger charge is -2.31. The van der Waals surface area contributed by atoms with Crippen molar-refractivity contribution in [1.29, 1.82) is 0 Å². The van der Waals surface area contributed by atoms with Crippen molar-refractivity contribution >= 4 is 27.5 Å². The third-order valence-corrected chi connectivity index (χ3v) is 7.05. The molecule has 5 aromatic rings. The van der Waals surface area contributed by atoms with Crippen molar-refractivity contribution in [3.05, 3.63) is 132 Å². The standard InChI is InChI=1S/C33H28O4/c1-2-35-32(34)33(22-23-10-4-3-5-11-23)30(28-18-16-24-12-6-8-14-26(24)20-28)36-31(37-33)29-19-17-25-13-7-9-15-27(25)21-29/h3-21,30-31H,2,22H2,1H3/t30-,31-,33-/m1/s1. The number of carbonyl (C=O) groups excluding carboxylic acids is 1. The summed E-state index contributed by atoms with van der Waals surface area (Å²) in [5, 5.41) is 4.43. The summed E-state index contributed by atoms with van der Waals surface area (Å²) in [5.74, 6) is -0.416. The number of ether oxygens (including phenoxy) is 3. The maximum absolute atomic E-state index is 13.8. The second-order valence-corrected chi connectivity index (χ2v) is 9.45. The topological polar surface area (TPSA) is 44.8 Å². The zero-order chi connectivity index (χ0) is 25.2. The van der Waals surface area contributed by atoms with Crippen molar-refractivity contribution in [2.75, 3.05) is 6.61 Å². The first-order valence-electron chi connectivity index (χ1n) is 12.7. The quantitative estimate of drug-likeness (QED) is 0.235. The number of hydrogen-bond donors (Lipinski definition) is 0. The molecule has 0 aliphatic carbocycles. The van der Waals surface area contributed by atoms with Crippen LogP contribution in [0.1, 0.15) is 36.0 Å². The Balaban J connectivity index is 1.49. The van der Waals surface area contributed by atoms with Gasteiger partial charge in [0.05, 0.1) is 6.61 Å². The van der Waals surface area contributed by atoms with Gasteiger partial charge in [-0.15, -0.1) is 0 Å². The molecule has 184 valence electrons. The Bertz CT molecular complexity index is 1560. The van der Waals surface area contributed by atoms with Gasteiger partial charge in [-0.2, -0.15) is 0 Å².